The highest BCUT2D eigenvalue weighted by molar-refractivity contribution is 5.87. The second kappa shape index (κ2) is 8.46. The lowest BCUT2D eigenvalue weighted by atomic mass is 9.83. The molecule has 3 aromatic carbocycles. The van der Waals surface area contributed by atoms with Crippen molar-refractivity contribution in [1.82, 2.24) is 0 Å². The van der Waals surface area contributed by atoms with Gasteiger partial charge in [0.15, 0.2) is 0 Å². The number of benzene rings is 3. The van der Waals surface area contributed by atoms with Crippen molar-refractivity contribution in [2.75, 3.05) is 13.1 Å². The van der Waals surface area contributed by atoms with Gasteiger partial charge < -0.3 is 4.74 Å². The number of fused-ring (bicyclic) bond motifs is 1. The minimum atomic E-state index is -0.545. The van der Waals surface area contributed by atoms with Gasteiger partial charge >= 0.3 is 0 Å². The first-order valence-electron chi connectivity index (χ1n) is 11.3. The lowest BCUT2D eigenvalue weighted by Crippen LogP contribution is -3.20. The van der Waals surface area contributed by atoms with E-state index >= 15 is 0 Å². The number of rotatable bonds is 2. The number of likely N-dealkylation sites (tertiary alicyclic amines) is 1. The maximum atomic E-state index is 6.98. The van der Waals surface area contributed by atoms with Crippen molar-refractivity contribution >= 4 is 5.57 Å². The van der Waals surface area contributed by atoms with Crippen LogP contribution in [0.4, 0.5) is 0 Å². The predicted octanol–water partition coefficient (Wildman–Crippen LogP) is 4.83. The third-order valence-electron chi connectivity index (χ3n) is 6.56. The normalized spacial score (nSPS) is 20.9. The number of allylic oxidation sites excluding steroid dienone is 1. The third-order valence-corrected chi connectivity index (χ3v) is 6.56. The summed E-state index contributed by atoms with van der Waals surface area (Å²) in [4.78, 5) is 1.48. The summed E-state index contributed by atoms with van der Waals surface area (Å²) in [5.74, 6) is 7.87. The Hall–Kier alpha value is -3.28. The Kier molecular flexibility index (Phi) is 5.37. The molecule has 2 aliphatic heterocycles. The maximum Gasteiger partial charge on any atom is 0.292 e. The minimum Gasteiger partial charge on any atom is -0.432 e. The number of hydrogen-bond donors (Lipinski definition) is 1. The van der Waals surface area contributed by atoms with E-state index in [9.17, 15) is 0 Å². The van der Waals surface area contributed by atoms with Crippen LogP contribution in [-0.4, -0.2) is 13.1 Å². The highest BCUT2D eigenvalue weighted by Crippen LogP contribution is 2.43. The molecule has 0 unspecified atom stereocenters. The molecule has 0 spiro atoms. The van der Waals surface area contributed by atoms with Gasteiger partial charge in [-0.3, -0.25) is 4.90 Å². The smallest absolute Gasteiger partial charge is 0.292 e. The molecule has 0 amide bonds. The van der Waals surface area contributed by atoms with Gasteiger partial charge in [0.05, 0.1) is 24.2 Å². The van der Waals surface area contributed by atoms with E-state index in [1.807, 2.05) is 18.2 Å². The topological polar surface area (TPSA) is 13.7 Å². The van der Waals surface area contributed by atoms with Crippen molar-refractivity contribution in [2.45, 2.75) is 31.9 Å². The molecule has 0 radical (unpaired) electrons. The van der Waals surface area contributed by atoms with E-state index in [-0.39, 0.29) is 0 Å². The zero-order chi connectivity index (χ0) is 21.1. The van der Waals surface area contributed by atoms with Crippen LogP contribution in [0.15, 0.2) is 90.5 Å². The van der Waals surface area contributed by atoms with Crippen molar-refractivity contribution in [1.29, 1.82) is 0 Å². The molecule has 2 nitrogen and oxygen atoms in total. The fraction of sp³-hybridized carbons (Fsp3) is 0.241. The first kappa shape index (κ1) is 19.7. The number of piperidine rings is 1. The Labute approximate surface area is 185 Å². The summed E-state index contributed by atoms with van der Waals surface area (Å²) in [6.45, 7) is 4.43. The van der Waals surface area contributed by atoms with Crippen LogP contribution in [0.1, 0.15) is 42.9 Å². The van der Waals surface area contributed by atoms with Crippen molar-refractivity contribution in [3.8, 4) is 17.6 Å². The zero-order valence-corrected chi connectivity index (χ0v) is 18.0. The molecule has 2 heterocycles. The van der Waals surface area contributed by atoms with Crippen LogP contribution in [0, 0.1) is 11.8 Å². The summed E-state index contributed by atoms with van der Waals surface area (Å²) < 4.78 is 6.98. The van der Waals surface area contributed by atoms with E-state index in [0.717, 1.165) is 35.5 Å². The highest BCUT2D eigenvalue weighted by Gasteiger charge is 2.51. The zero-order valence-electron chi connectivity index (χ0n) is 18.0. The molecule has 0 bridgehead atoms. The van der Waals surface area contributed by atoms with Crippen LogP contribution in [-0.2, 0) is 5.72 Å². The monoisotopic (exact) mass is 406 g/mol. The molecule has 31 heavy (non-hydrogen) atoms. The van der Waals surface area contributed by atoms with Gasteiger partial charge in [0.1, 0.15) is 5.75 Å². The van der Waals surface area contributed by atoms with Gasteiger partial charge in [0.2, 0.25) is 0 Å². The molecule has 1 fully saturated rings. The molecule has 154 valence electrons. The lowest BCUT2D eigenvalue weighted by Gasteiger charge is -2.45. The largest absolute Gasteiger partial charge is 0.432 e. The highest BCUT2D eigenvalue weighted by atomic mass is 16.5. The molecule has 3 aromatic rings. The van der Waals surface area contributed by atoms with Gasteiger partial charge in [-0.1, -0.05) is 60.4 Å². The van der Waals surface area contributed by atoms with E-state index in [1.54, 1.807) is 0 Å². The molecule has 2 aliphatic rings. The van der Waals surface area contributed by atoms with Crippen LogP contribution in [0.5, 0.6) is 5.75 Å². The molecule has 0 aromatic heterocycles. The van der Waals surface area contributed by atoms with E-state index < -0.39 is 5.72 Å². The van der Waals surface area contributed by atoms with Gasteiger partial charge in [0, 0.05) is 16.7 Å². The predicted molar refractivity (Wildman–Crippen MR) is 126 cm³/mol. The van der Waals surface area contributed by atoms with Crippen molar-refractivity contribution in [3.63, 3.8) is 0 Å². The van der Waals surface area contributed by atoms with Crippen LogP contribution in [0.2, 0.25) is 0 Å². The maximum absolute atomic E-state index is 6.98. The Bertz CT molecular complexity index is 1150. The van der Waals surface area contributed by atoms with Crippen molar-refractivity contribution in [3.05, 3.63) is 107 Å². The first-order valence-corrected chi connectivity index (χ1v) is 11.3. The first-order chi connectivity index (χ1) is 15.3. The van der Waals surface area contributed by atoms with Gasteiger partial charge in [-0.05, 0) is 62.6 Å². The van der Waals surface area contributed by atoms with Gasteiger partial charge in [-0.2, -0.15) is 0 Å². The standard InChI is InChI=1S/C29H27NO/c1-23-26(20-19-24-13-5-2-6-14-24)27-17-9-10-18-28(27)31-29(23,25-15-7-3-8-16-25)30-21-11-4-12-22-30/h2-3,5-10,13-18H,4,11-12,21-22H2,1H3/p+1/t29-/m1/s1. The third kappa shape index (κ3) is 3.56. The van der Waals surface area contributed by atoms with Crippen LogP contribution in [0.25, 0.3) is 5.57 Å². The molecule has 1 atom stereocenters. The number of ether oxygens (including phenoxy) is 1. The molecule has 2 heteroatoms. The summed E-state index contributed by atoms with van der Waals surface area (Å²) in [5, 5.41) is 0. The molecule has 1 saturated heterocycles. The summed E-state index contributed by atoms with van der Waals surface area (Å²) in [6.07, 6.45) is 3.76. The van der Waals surface area contributed by atoms with Crippen LogP contribution >= 0.6 is 0 Å². The molecule has 5 rings (SSSR count). The van der Waals surface area contributed by atoms with Gasteiger partial charge in [-0.25, -0.2) is 0 Å². The number of para-hydroxylation sites is 1. The molecule has 1 N–H and O–H groups in total. The average Bonchev–Trinajstić information content (AvgIpc) is 2.85. The van der Waals surface area contributed by atoms with Crippen LogP contribution in [0.3, 0.4) is 0 Å². The molecule has 0 saturated carbocycles. The molecule has 0 aliphatic carbocycles. The summed E-state index contributed by atoms with van der Waals surface area (Å²) in [5.41, 5.74) is 5.08. The Morgan fingerprint density at radius 2 is 1.39 bits per heavy atom. The Morgan fingerprint density at radius 1 is 0.742 bits per heavy atom. The summed E-state index contributed by atoms with van der Waals surface area (Å²) >= 11 is 0. The lowest BCUT2D eigenvalue weighted by molar-refractivity contribution is -0.980. The van der Waals surface area contributed by atoms with E-state index in [1.165, 1.54) is 35.3 Å². The van der Waals surface area contributed by atoms with E-state index in [4.69, 9.17) is 4.74 Å². The SMILES string of the molecule is CC1=C(C#Cc2ccccc2)c2ccccc2O[C@]1(c1ccccc1)[NH+]1CCCCC1. The molecular formula is C29H28NO+. The second-order valence-corrected chi connectivity index (χ2v) is 8.43. The number of nitrogens with one attached hydrogen (secondary N) is 1. The summed E-state index contributed by atoms with van der Waals surface area (Å²) in [6, 6.07) is 29.3. The minimum absolute atomic E-state index is 0.545. The molecular weight excluding hydrogens is 378 g/mol. The van der Waals surface area contributed by atoms with Gasteiger partial charge in [-0.15, -0.1) is 0 Å². The second-order valence-electron chi connectivity index (χ2n) is 8.43. The quantitative estimate of drug-likeness (QED) is 0.602. The Balaban J connectivity index is 1.74. The average molecular weight is 407 g/mol. The van der Waals surface area contributed by atoms with E-state index in [2.05, 4.69) is 85.5 Å². The summed E-state index contributed by atoms with van der Waals surface area (Å²) in [7, 11) is 0. The number of quaternary nitrogens is 1. The van der Waals surface area contributed by atoms with E-state index in [0.29, 0.717) is 0 Å². The fourth-order valence-corrected chi connectivity index (χ4v) is 5.02. The fourth-order valence-electron chi connectivity index (χ4n) is 5.02. The Morgan fingerprint density at radius 3 is 2.13 bits per heavy atom. The number of hydrogen-bond acceptors (Lipinski definition) is 1. The van der Waals surface area contributed by atoms with Gasteiger partial charge in [0.25, 0.3) is 5.72 Å². The van der Waals surface area contributed by atoms with Crippen molar-refractivity contribution < 1.29 is 9.64 Å². The van der Waals surface area contributed by atoms with Crippen LogP contribution < -0.4 is 9.64 Å². The van der Waals surface area contributed by atoms with Crippen molar-refractivity contribution in [2.24, 2.45) is 0 Å².